The number of hydrogen-bond acceptors (Lipinski definition) is 3. The molecule has 4 heteroatoms. The molecule has 112 valence electrons. The molecule has 0 saturated carbocycles. The Labute approximate surface area is 138 Å². The maximum atomic E-state index is 6.09. The number of rotatable bonds is 5. The molecule has 1 atom stereocenters. The Morgan fingerprint density at radius 3 is 3.10 bits per heavy atom. The van der Waals surface area contributed by atoms with Gasteiger partial charge in [0.2, 0.25) is 0 Å². The molecular weight excluding hydrogens is 346 g/mol. The van der Waals surface area contributed by atoms with Crippen LogP contribution in [0.5, 0.6) is 5.75 Å². The van der Waals surface area contributed by atoms with Crippen molar-refractivity contribution in [3.8, 4) is 5.75 Å². The molecule has 0 aliphatic heterocycles. The van der Waals surface area contributed by atoms with Crippen LogP contribution in [-0.4, -0.2) is 6.54 Å². The average molecular weight is 366 g/mol. The van der Waals surface area contributed by atoms with Crippen molar-refractivity contribution in [1.29, 1.82) is 0 Å². The van der Waals surface area contributed by atoms with Gasteiger partial charge in [0.05, 0.1) is 0 Å². The van der Waals surface area contributed by atoms with E-state index in [9.17, 15) is 0 Å². The fourth-order valence-electron chi connectivity index (χ4n) is 2.99. The van der Waals surface area contributed by atoms with E-state index in [0.717, 1.165) is 23.2 Å². The molecule has 3 rings (SSSR count). The Morgan fingerprint density at radius 2 is 2.33 bits per heavy atom. The molecule has 1 N–H and O–H groups in total. The normalized spacial score (nSPS) is 17.5. The molecule has 2 nitrogen and oxygen atoms in total. The molecule has 0 amide bonds. The minimum atomic E-state index is 0.484. The van der Waals surface area contributed by atoms with Crippen molar-refractivity contribution < 1.29 is 4.74 Å². The van der Waals surface area contributed by atoms with Crippen LogP contribution >= 0.6 is 27.3 Å². The van der Waals surface area contributed by atoms with Gasteiger partial charge in [-0.25, -0.2) is 0 Å². The summed E-state index contributed by atoms with van der Waals surface area (Å²) in [6.07, 6.45) is 3.58. The van der Waals surface area contributed by atoms with Crippen molar-refractivity contribution in [3.05, 3.63) is 50.1 Å². The summed E-state index contributed by atoms with van der Waals surface area (Å²) in [5.74, 6) is 1.06. The first-order valence-corrected chi connectivity index (χ1v) is 9.16. The summed E-state index contributed by atoms with van der Waals surface area (Å²) in [5.41, 5.74) is 2.82. The smallest absolute Gasteiger partial charge is 0.123 e. The standard InChI is InChI=1S/C17H20BrNOS/c1-2-19-16-7-3-6-15-14(16)5-4-8-17(15)20-10-13-9-12(18)11-21-13/h4-5,8-9,11,16,19H,2-3,6-7,10H2,1H3. The highest BCUT2D eigenvalue weighted by molar-refractivity contribution is 9.10. The highest BCUT2D eigenvalue weighted by Crippen LogP contribution is 2.35. The summed E-state index contributed by atoms with van der Waals surface area (Å²) < 4.78 is 7.22. The van der Waals surface area contributed by atoms with Crippen molar-refractivity contribution >= 4 is 27.3 Å². The molecule has 1 heterocycles. The lowest BCUT2D eigenvalue weighted by Crippen LogP contribution is -2.25. The maximum Gasteiger partial charge on any atom is 0.123 e. The number of ether oxygens (including phenoxy) is 1. The summed E-state index contributed by atoms with van der Waals surface area (Å²) in [6, 6.07) is 9.08. The summed E-state index contributed by atoms with van der Waals surface area (Å²) in [5, 5.41) is 5.68. The van der Waals surface area contributed by atoms with Gasteiger partial charge in [0, 0.05) is 20.8 Å². The Balaban J connectivity index is 1.78. The molecule has 0 bridgehead atoms. The van der Waals surface area contributed by atoms with Gasteiger partial charge in [-0.1, -0.05) is 19.1 Å². The second-order valence-corrected chi connectivity index (χ2v) is 7.26. The Morgan fingerprint density at radius 1 is 1.43 bits per heavy atom. The fraction of sp³-hybridized carbons (Fsp3) is 0.412. The van der Waals surface area contributed by atoms with Crippen LogP contribution in [0, 0.1) is 0 Å². The van der Waals surface area contributed by atoms with Gasteiger partial charge in [-0.3, -0.25) is 0 Å². The quantitative estimate of drug-likeness (QED) is 0.797. The molecule has 0 radical (unpaired) electrons. The predicted molar refractivity (Wildman–Crippen MR) is 92.1 cm³/mol. The molecule has 0 saturated heterocycles. The van der Waals surface area contributed by atoms with Crippen LogP contribution in [0.15, 0.2) is 34.1 Å². The molecular formula is C17H20BrNOS. The van der Waals surface area contributed by atoms with Crippen molar-refractivity contribution in [2.75, 3.05) is 6.54 Å². The number of hydrogen-bond donors (Lipinski definition) is 1. The maximum absolute atomic E-state index is 6.09. The lowest BCUT2D eigenvalue weighted by atomic mass is 9.87. The first-order valence-electron chi connectivity index (χ1n) is 7.49. The molecule has 1 aromatic heterocycles. The second kappa shape index (κ2) is 6.95. The number of fused-ring (bicyclic) bond motifs is 1. The van der Waals surface area contributed by atoms with Gasteiger partial charge in [0.15, 0.2) is 0 Å². The minimum absolute atomic E-state index is 0.484. The minimum Gasteiger partial charge on any atom is -0.488 e. The van der Waals surface area contributed by atoms with E-state index in [1.807, 2.05) is 0 Å². The zero-order valence-corrected chi connectivity index (χ0v) is 14.6. The van der Waals surface area contributed by atoms with Crippen LogP contribution < -0.4 is 10.1 Å². The zero-order valence-electron chi connectivity index (χ0n) is 12.2. The van der Waals surface area contributed by atoms with Crippen molar-refractivity contribution in [2.24, 2.45) is 0 Å². The van der Waals surface area contributed by atoms with E-state index in [1.165, 1.54) is 28.8 Å². The Kier molecular flexibility index (Phi) is 4.99. The van der Waals surface area contributed by atoms with E-state index in [0.29, 0.717) is 12.6 Å². The van der Waals surface area contributed by atoms with Crippen LogP contribution in [0.3, 0.4) is 0 Å². The fourth-order valence-corrected chi connectivity index (χ4v) is 4.35. The van der Waals surface area contributed by atoms with Gasteiger partial charge in [-0.05, 0) is 65.0 Å². The van der Waals surface area contributed by atoms with E-state index in [2.05, 4.69) is 57.8 Å². The monoisotopic (exact) mass is 365 g/mol. The third-order valence-electron chi connectivity index (χ3n) is 3.91. The molecule has 0 fully saturated rings. The van der Waals surface area contributed by atoms with Crippen LogP contribution in [0.1, 0.15) is 41.8 Å². The van der Waals surface area contributed by atoms with E-state index in [-0.39, 0.29) is 0 Å². The van der Waals surface area contributed by atoms with Gasteiger partial charge < -0.3 is 10.1 Å². The van der Waals surface area contributed by atoms with Gasteiger partial charge in [0.25, 0.3) is 0 Å². The van der Waals surface area contributed by atoms with Gasteiger partial charge in [0.1, 0.15) is 12.4 Å². The third kappa shape index (κ3) is 3.50. The van der Waals surface area contributed by atoms with Gasteiger partial charge >= 0.3 is 0 Å². The first-order chi connectivity index (χ1) is 10.3. The lowest BCUT2D eigenvalue weighted by molar-refractivity contribution is 0.303. The SMILES string of the molecule is CCNC1CCCc2c(OCc3cc(Br)cs3)cccc21. The molecule has 0 spiro atoms. The zero-order chi connectivity index (χ0) is 14.7. The van der Waals surface area contributed by atoms with E-state index in [1.54, 1.807) is 11.3 Å². The highest BCUT2D eigenvalue weighted by Gasteiger charge is 2.22. The lowest BCUT2D eigenvalue weighted by Gasteiger charge is -2.27. The average Bonchev–Trinajstić information content (AvgIpc) is 2.91. The van der Waals surface area contributed by atoms with Crippen molar-refractivity contribution in [3.63, 3.8) is 0 Å². The largest absolute Gasteiger partial charge is 0.488 e. The highest BCUT2D eigenvalue weighted by atomic mass is 79.9. The molecule has 1 aliphatic carbocycles. The van der Waals surface area contributed by atoms with Crippen LogP contribution in [0.2, 0.25) is 0 Å². The summed E-state index contributed by atoms with van der Waals surface area (Å²) in [4.78, 5) is 1.25. The first kappa shape index (κ1) is 15.1. The molecule has 21 heavy (non-hydrogen) atoms. The van der Waals surface area contributed by atoms with Gasteiger partial charge in [-0.2, -0.15) is 0 Å². The third-order valence-corrected chi connectivity index (χ3v) is 5.58. The van der Waals surface area contributed by atoms with Crippen molar-refractivity contribution in [1.82, 2.24) is 5.32 Å². The summed E-state index contributed by atoms with van der Waals surface area (Å²) in [7, 11) is 0. The number of halogens is 1. The number of benzene rings is 1. The number of nitrogens with one attached hydrogen (secondary N) is 1. The van der Waals surface area contributed by atoms with E-state index in [4.69, 9.17) is 4.74 Å². The molecule has 1 unspecified atom stereocenters. The molecule has 2 aromatic rings. The summed E-state index contributed by atoms with van der Waals surface area (Å²) in [6.45, 7) is 3.83. The molecule has 1 aliphatic rings. The Hall–Kier alpha value is -0.840. The van der Waals surface area contributed by atoms with Crippen LogP contribution in [-0.2, 0) is 13.0 Å². The van der Waals surface area contributed by atoms with Crippen LogP contribution in [0.4, 0.5) is 0 Å². The Bertz CT molecular complexity index is 611. The summed E-state index contributed by atoms with van der Waals surface area (Å²) >= 11 is 5.22. The predicted octanol–water partition coefficient (Wildman–Crippen LogP) is 5.08. The topological polar surface area (TPSA) is 21.3 Å². The van der Waals surface area contributed by atoms with E-state index < -0.39 is 0 Å². The van der Waals surface area contributed by atoms with Crippen molar-refractivity contribution in [2.45, 2.75) is 38.8 Å². The van der Waals surface area contributed by atoms with Gasteiger partial charge in [-0.15, -0.1) is 11.3 Å². The van der Waals surface area contributed by atoms with Crippen LogP contribution in [0.25, 0.3) is 0 Å². The second-order valence-electron chi connectivity index (χ2n) is 5.35. The number of thiophene rings is 1. The van der Waals surface area contributed by atoms with E-state index >= 15 is 0 Å². The molecule has 1 aromatic carbocycles.